The summed E-state index contributed by atoms with van der Waals surface area (Å²) in [7, 11) is 0. The van der Waals surface area contributed by atoms with Gasteiger partial charge in [-0.3, -0.25) is 0 Å². The number of hydrogen-bond donors (Lipinski definition) is 1. The number of halogens is 1. The van der Waals surface area contributed by atoms with Gasteiger partial charge in [0.1, 0.15) is 11.5 Å². The largest absolute Gasteiger partial charge is 0.507 e. The normalized spacial score (nSPS) is 20.5. The maximum atomic E-state index is 10.4. The van der Waals surface area contributed by atoms with Crippen LogP contribution in [0.4, 0.5) is 0 Å². The Morgan fingerprint density at radius 2 is 1.74 bits per heavy atom. The molecule has 0 amide bonds. The molecule has 27 heavy (non-hydrogen) atoms. The zero-order chi connectivity index (χ0) is 18.4. The van der Waals surface area contributed by atoms with Crippen LogP contribution in [0.25, 0.3) is 0 Å². The van der Waals surface area contributed by atoms with Gasteiger partial charge in [-0.25, -0.2) is 5.01 Å². The van der Waals surface area contributed by atoms with Crippen LogP contribution >= 0.6 is 11.6 Å². The second-order valence-corrected chi connectivity index (χ2v) is 7.16. The first-order valence-corrected chi connectivity index (χ1v) is 9.24. The van der Waals surface area contributed by atoms with Crippen LogP contribution in [0.15, 0.2) is 77.9 Å². The van der Waals surface area contributed by atoms with Gasteiger partial charge >= 0.3 is 0 Å². The molecule has 2 aliphatic heterocycles. The lowest BCUT2D eigenvalue weighted by atomic mass is 9.96. The molecule has 0 radical (unpaired) electrons. The highest BCUT2D eigenvalue weighted by atomic mass is 35.5. The molecule has 0 aliphatic carbocycles. The van der Waals surface area contributed by atoms with Crippen molar-refractivity contribution < 1.29 is 9.84 Å². The van der Waals surface area contributed by atoms with Crippen molar-refractivity contribution in [3.8, 4) is 11.5 Å². The predicted molar refractivity (Wildman–Crippen MR) is 105 cm³/mol. The average molecular weight is 377 g/mol. The zero-order valence-electron chi connectivity index (χ0n) is 14.4. The third-order valence-electron chi connectivity index (χ3n) is 5.06. The number of aromatic hydroxyl groups is 1. The van der Waals surface area contributed by atoms with Crippen LogP contribution in [0.2, 0.25) is 5.02 Å². The molecule has 4 nitrogen and oxygen atoms in total. The van der Waals surface area contributed by atoms with E-state index in [2.05, 4.69) is 18.2 Å². The van der Waals surface area contributed by atoms with Crippen LogP contribution in [-0.4, -0.2) is 15.8 Å². The molecule has 2 atom stereocenters. The standard InChI is InChI=1S/C22H17ClN2O2/c23-15-10-11-20(26)17(12-15)22-25-19(16-8-4-5-9-21(16)27-22)13-18(24-25)14-6-2-1-3-7-14/h1-12,19,22,26H,13H2/t19-,22-/m1/s1. The molecule has 0 unspecified atom stereocenters. The van der Waals surface area contributed by atoms with Crippen molar-refractivity contribution in [3.63, 3.8) is 0 Å². The minimum Gasteiger partial charge on any atom is -0.507 e. The first kappa shape index (κ1) is 16.2. The Bertz CT molecular complexity index is 1040. The van der Waals surface area contributed by atoms with Crippen LogP contribution in [0.5, 0.6) is 11.5 Å². The number of ether oxygens (including phenoxy) is 1. The van der Waals surface area contributed by atoms with Crippen LogP contribution in [0.1, 0.15) is 35.4 Å². The summed E-state index contributed by atoms with van der Waals surface area (Å²) < 4.78 is 6.25. The lowest BCUT2D eigenvalue weighted by Crippen LogP contribution is -2.33. The summed E-state index contributed by atoms with van der Waals surface area (Å²) in [6, 6.07) is 23.2. The van der Waals surface area contributed by atoms with Gasteiger partial charge in [-0.05, 0) is 29.8 Å². The van der Waals surface area contributed by atoms with Crippen LogP contribution in [-0.2, 0) is 0 Å². The number of phenolic OH excluding ortho intramolecular Hbond substituents is 1. The summed E-state index contributed by atoms with van der Waals surface area (Å²) in [5, 5.41) is 17.8. The van der Waals surface area contributed by atoms with Crippen molar-refractivity contribution in [2.45, 2.75) is 18.7 Å². The Kier molecular flexibility index (Phi) is 3.80. The Labute approximate surface area is 162 Å². The number of nitrogens with zero attached hydrogens (tertiary/aromatic N) is 2. The maximum absolute atomic E-state index is 10.4. The molecule has 0 aromatic heterocycles. The van der Waals surface area contributed by atoms with Crippen LogP contribution in [0.3, 0.4) is 0 Å². The van der Waals surface area contributed by atoms with Gasteiger partial charge in [0.05, 0.1) is 17.3 Å². The first-order chi connectivity index (χ1) is 13.2. The Hall–Kier alpha value is -2.98. The smallest absolute Gasteiger partial charge is 0.217 e. The van der Waals surface area contributed by atoms with E-state index in [9.17, 15) is 5.11 Å². The third-order valence-corrected chi connectivity index (χ3v) is 5.30. The van der Waals surface area contributed by atoms with Crippen molar-refractivity contribution in [3.05, 3.63) is 94.5 Å². The van der Waals surface area contributed by atoms with E-state index in [0.29, 0.717) is 10.6 Å². The topological polar surface area (TPSA) is 45.1 Å². The number of fused-ring (bicyclic) bond motifs is 3. The summed E-state index contributed by atoms with van der Waals surface area (Å²) in [6.45, 7) is 0. The van der Waals surface area contributed by atoms with E-state index in [1.165, 1.54) is 0 Å². The predicted octanol–water partition coefficient (Wildman–Crippen LogP) is 5.29. The summed E-state index contributed by atoms with van der Waals surface area (Å²) in [5.41, 5.74) is 3.82. The zero-order valence-corrected chi connectivity index (χ0v) is 15.2. The minimum atomic E-state index is -0.537. The highest BCUT2D eigenvalue weighted by Gasteiger charge is 2.41. The van der Waals surface area contributed by atoms with Gasteiger partial charge in [0.2, 0.25) is 6.23 Å². The van der Waals surface area contributed by atoms with Gasteiger partial charge < -0.3 is 9.84 Å². The molecule has 3 aromatic rings. The van der Waals surface area contributed by atoms with E-state index in [-0.39, 0.29) is 11.8 Å². The lowest BCUT2D eigenvalue weighted by Gasteiger charge is -2.38. The van der Waals surface area contributed by atoms with Crippen molar-refractivity contribution in [2.24, 2.45) is 5.10 Å². The molecule has 5 rings (SSSR count). The SMILES string of the molecule is Oc1ccc(Cl)cc1[C@H]1Oc2ccccc2[C@H]2CC(c3ccccc3)=NN21. The molecule has 2 aliphatic rings. The molecule has 0 saturated heterocycles. The fourth-order valence-corrected chi connectivity index (χ4v) is 3.95. The van der Waals surface area contributed by atoms with Gasteiger partial charge in [0.25, 0.3) is 0 Å². The Morgan fingerprint density at radius 1 is 0.963 bits per heavy atom. The fraction of sp³-hybridized carbons (Fsp3) is 0.136. The molecule has 0 fully saturated rings. The summed E-state index contributed by atoms with van der Waals surface area (Å²) in [6.07, 6.45) is 0.243. The molecule has 0 bridgehead atoms. The molecule has 134 valence electrons. The number of hydrogen-bond acceptors (Lipinski definition) is 4. The van der Waals surface area contributed by atoms with E-state index in [4.69, 9.17) is 21.4 Å². The second-order valence-electron chi connectivity index (χ2n) is 6.72. The van der Waals surface area contributed by atoms with Crippen molar-refractivity contribution in [1.29, 1.82) is 0 Å². The van der Waals surface area contributed by atoms with Crippen LogP contribution in [0, 0.1) is 0 Å². The van der Waals surface area contributed by atoms with E-state index in [0.717, 1.165) is 29.0 Å². The van der Waals surface area contributed by atoms with E-state index in [1.807, 2.05) is 41.4 Å². The Morgan fingerprint density at radius 3 is 2.59 bits per heavy atom. The maximum Gasteiger partial charge on any atom is 0.217 e. The van der Waals surface area contributed by atoms with E-state index >= 15 is 0 Å². The number of hydrazone groups is 1. The van der Waals surface area contributed by atoms with Gasteiger partial charge in [-0.15, -0.1) is 0 Å². The summed E-state index contributed by atoms with van der Waals surface area (Å²) >= 11 is 6.18. The fourth-order valence-electron chi connectivity index (χ4n) is 3.77. The van der Waals surface area contributed by atoms with Gasteiger partial charge in [-0.1, -0.05) is 60.1 Å². The van der Waals surface area contributed by atoms with Gasteiger partial charge in [-0.2, -0.15) is 5.10 Å². The van der Waals surface area contributed by atoms with Crippen LogP contribution < -0.4 is 4.74 Å². The van der Waals surface area contributed by atoms with E-state index < -0.39 is 6.23 Å². The quantitative estimate of drug-likeness (QED) is 0.661. The molecule has 0 saturated carbocycles. The summed E-state index contributed by atoms with van der Waals surface area (Å²) in [5.74, 6) is 0.957. The first-order valence-electron chi connectivity index (χ1n) is 8.86. The Balaban J connectivity index is 1.63. The van der Waals surface area contributed by atoms with Crippen molar-refractivity contribution >= 4 is 17.3 Å². The molecule has 2 heterocycles. The molecular weight excluding hydrogens is 360 g/mol. The van der Waals surface area contributed by atoms with Gasteiger partial charge in [0, 0.05) is 17.0 Å². The van der Waals surface area contributed by atoms with Gasteiger partial charge in [0.15, 0.2) is 0 Å². The highest BCUT2D eigenvalue weighted by Crippen LogP contribution is 2.48. The monoisotopic (exact) mass is 376 g/mol. The molecule has 1 N–H and O–H groups in total. The van der Waals surface area contributed by atoms with E-state index in [1.54, 1.807) is 18.2 Å². The highest BCUT2D eigenvalue weighted by molar-refractivity contribution is 6.30. The minimum absolute atomic E-state index is 0.0496. The molecular formula is C22H17ClN2O2. The average Bonchev–Trinajstić information content (AvgIpc) is 3.16. The lowest BCUT2D eigenvalue weighted by molar-refractivity contribution is -0.0203. The number of benzene rings is 3. The van der Waals surface area contributed by atoms with Crippen molar-refractivity contribution in [1.82, 2.24) is 5.01 Å². The molecule has 0 spiro atoms. The second kappa shape index (κ2) is 6.32. The summed E-state index contributed by atoms with van der Waals surface area (Å²) in [4.78, 5) is 0. The number of para-hydroxylation sites is 1. The number of phenols is 1. The van der Waals surface area contributed by atoms with Crippen molar-refractivity contribution in [2.75, 3.05) is 0 Å². The molecule has 3 aromatic carbocycles. The number of rotatable bonds is 2. The molecule has 5 heteroatoms. The third kappa shape index (κ3) is 2.73.